The number of ketones is 1. The molecule has 0 N–H and O–H groups in total. The molecular formula is C17H25NO. The third kappa shape index (κ3) is 4.46. The van der Waals surface area contributed by atoms with Crippen molar-refractivity contribution in [2.75, 3.05) is 19.6 Å². The van der Waals surface area contributed by atoms with Crippen molar-refractivity contribution in [2.24, 2.45) is 0 Å². The average Bonchev–Trinajstić information content (AvgIpc) is 2.68. The van der Waals surface area contributed by atoms with E-state index in [2.05, 4.69) is 24.0 Å². The van der Waals surface area contributed by atoms with Gasteiger partial charge in [-0.1, -0.05) is 50.5 Å². The van der Waals surface area contributed by atoms with Crippen LogP contribution in [0.1, 0.15) is 54.9 Å². The fourth-order valence-electron chi connectivity index (χ4n) is 2.73. The Morgan fingerprint density at radius 1 is 1.05 bits per heavy atom. The first-order valence-corrected chi connectivity index (χ1v) is 7.64. The van der Waals surface area contributed by atoms with Crippen LogP contribution in [-0.2, 0) is 6.42 Å². The van der Waals surface area contributed by atoms with Gasteiger partial charge >= 0.3 is 0 Å². The van der Waals surface area contributed by atoms with E-state index in [0.717, 1.165) is 31.5 Å². The second-order valence-electron chi connectivity index (χ2n) is 5.56. The van der Waals surface area contributed by atoms with Gasteiger partial charge < -0.3 is 0 Å². The lowest BCUT2D eigenvalue weighted by atomic mass is 10.1. The molecule has 0 aromatic heterocycles. The fourth-order valence-corrected chi connectivity index (χ4v) is 2.73. The van der Waals surface area contributed by atoms with Gasteiger partial charge in [-0.2, -0.15) is 0 Å². The van der Waals surface area contributed by atoms with E-state index in [1.54, 1.807) is 0 Å². The molecule has 1 aliphatic rings. The van der Waals surface area contributed by atoms with Crippen molar-refractivity contribution in [1.82, 2.24) is 4.90 Å². The molecule has 0 bridgehead atoms. The molecule has 0 spiro atoms. The predicted octanol–water partition coefficient (Wildman–Crippen LogP) is 3.70. The molecule has 0 atom stereocenters. The highest BCUT2D eigenvalue weighted by molar-refractivity contribution is 5.97. The summed E-state index contributed by atoms with van der Waals surface area (Å²) in [7, 11) is 0. The third-order valence-electron chi connectivity index (χ3n) is 3.88. The Balaban J connectivity index is 1.91. The minimum Gasteiger partial charge on any atom is -0.296 e. The summed E-state index contributed by atoms with van der Waals surface area (Å²) in [5, 5.41) is 0. The van der Waals surface area contributed by atoms with Crippen LogP contribution in [0.5, 0.6) is 0 Å². The molecule has 1 saturated heterocycles. The van der Waals surface area contributed by atoms with Crippen LogP contribution in [0.3, 0.4) is 0 Å². The molecule has 19 heavy (non-hydrogen) atoms. The number of Topliss-reactive ketones (excluding diaryl/α,β-unsaturated/α-hetero) is 1. The Bertz CT molecular complexity index is 388. The number of rotatable bonds is 5. The number of carbonyl (C=O) groups excluding carboxylic acids is 1. The van der Waals surface area contributed by atoms with E-state index in [4.69, 9.17) is 0 Å². The van der Waals surface area contributed by atoms with E-state index in [0.29, 0.717) is 6.54 Å². The largest absolute Gasteiger partial charge is 0.296 e. The Hall–Kier alpha value is -1.15. The van der Waals surface area contributed by atoms with Crippen LogP contribution in [0.25, 0.3) is 0 Å². The summed E-state index contributed by atoms with van der Waals surface area (Å²) in [4.78, 5) is 14.6. The SMILES string of the molecule is CCCc1ccc(C(=O)CN2CCCCCC2)cc1. The van der Waals surface area contributed by atoms with Gasteiger partial charge in [-0.3, -0.25) is 9.69 Å². The smallest absolute Gasteiger partial charge is 0.176 e. The van der Waals surface area contributed by atoms with E-state index >= 15 is 0 Å². The van der Waals surface area contributed by atoms with Gasteiger partial charge in [-0.25, -0.2) is 0 Å². The lowest BCUT2D eigenvalue weighted by molar-refractivity contribution is 0.0933. The molecule has 0 saturated carbocycles. The van der Waals surface area contributed by atoms with Crippen molar-refractivity contribution in [3.05, 3.63) is 35.4 Å². The molecule has 1 aliphatic heterocycles. The summed E-state index contributed by atoms with van der Waals surface area (Å²) < 4.78 is 0. The van der Waals surface area contributed by atoms with E-state index < -0.39 is 0 Å². The Labute approximate surface area is 116 Å². The predicted molar refractivity (Wildman–Crippen MR) is 79.7 cm³/mol. The molecule has 0 aliphatic carbocycles. The minimum absolute atomic E-state index is 0.268. The molecule has 0 radical (unpaired) electrons. The molecular weight excluding hydrogens is 234 g/mol. The van der Waals surface area contributed by atoms with Crippen LogP contribution in [0.15, 0.2) is 24.3 Å². The van der Waals surface area contributed by atoms with Gasteiger partial charge in [0.2, 0.25) is 0 Å². The van der Waals surface area contributed by atoms with Crippen molar-refractivity contribution in [2.45, 2.75) is 45.4 Å². The number of nitrogens with zero attached hydrogens (tertiary/aromatic N) is 1. The van der Waals surface area contributed by atoms with Crippen LogP contribution in [-0.4, -0.2) is 30.3 Å². The molecule has 1 heterocycles. The van der Waals surface area contributed by atoms with Gasteiger partial charge in [0.05, 0.1) is 6.54 Å². The minimum atomic E-state index is 0.268. The van der Waals surface area contributed by atoms with Crippen molar-refractivity contribution in [1.29, 1.82) is 0 Å². The lowest BCUT2D eigenvalue weighted by Crippen LogP contribution is -2.30. The molecule has 1 aromatic rings. The standard InChI is InChI=1S/C17H25NO/c1-2-7-15-8-10-16(11-9-15)17(19)14-18-12-5-3-4-6-13-18/h8-11H,2-7,12-14H2,1H3. The van der Waals surface area contributed by atoms with E-state index in [-0.39, 0.29) is 5.78 Å². The Morgan fingerprint density at radius 3 is 2.26 bits per heavy atom. The van der Waals surface area contributed by atoms with Crippen molar-refractivity contribution >= 4 is 5.78 Å². The van der Waals surface area contributed by atoms with Crippen molar-refractivity contribution in [3.8, 4) is 0 Å². The van der Waals surface area contributed by atoms with Gasteiger partial charge in [0.15, 0.2) is 5.78 Å². The summed E-state index contributed by atoms with van der Waals surface area (Å²) in [6.45, 7) is 4.94. The quantitative estimate of drug-likeness (QED) is 0.752. The normalized spacial score (nSPS) is 17.1. The maximum absolute atomic E-state index is 12.3. The first kappa shape index (κ1) is 14.3. The highest BCUT2D eigenvalue weighted by Crippen LogP contribution is 2.12. The van der Waals surface area contributed by atoms with Crippen molar-refractivity contribution < 1.29 is 4.79 Å². The zero-order chi connectivity index (χ0) is 13.5. The van der Waals surface area contributed by atoms with Gasteiger partial charge in [-0.05, 0) is 37.9 Å². The third-order valence-corrected chi connectivity index (χ3v) is 3.88. The number of likely N-dealkylation sites (tertiary alicyclic amines) is 1. The van der Waals surface area contributed by atoms with Crippen LogP contribution in [0.4, 0.5) is 0 Å². The first-order chi connectivity index (χ1) is 9.29. The van der Waals surface area contributed by atoms with Gasteiger partial charge in [0.25, 0.3) is 0 Å². The summed E-state index contributed by atoms with van der Waals surface area (Å²) in [6, 6.07) is 8.18. The fraction of sp³-hybridized carbons (Fsp3) is 0.588. The van der Waals surface area contributed by atoms with Crippen LogP contribution in [0.2, 0.25) is 0 Å². The second-order valence-corrected chi connectivity index (χ2v) is 5.56. The van der Waals surface area contributed by atoms with E-state index in [1.165, 1.54) is 31.2 Å². The number of hydrogen-bond donors (Lipinski definition) is 0. The summed E-state index contributed by atoms with van der Waals surface area (Å²) >= 11 is 0. The van der Waals surface area contributed by atoms with Crippen molar-refractivity contribution in [3.63, 3.8) is 0 Å². The average molecular weight is 259 g/mol. The number of aryl methyl sites for hydroxylation is 1. The second kappa shape index (κ2) is 7.44. The van der Waals surface area contributed by atoms with Crippen LogP contribution in [0, 0.1) is 0 Å². The van der Waals surface area contributed by atoms with Crippen LogP contribution < -0.4 is 0 Å². The Morgan fingerprint density at radius 2 is 1.68 bits per heavy atom. The van der Waals surface area contributed by atoms with Crippen LogP contribution >= 0.6 is 0 Å². The molecule has 0 unspecified atom stereocenters. The monoisotopic (exact) mass is 259 g/mol. The molecule has 1 aromatic carbocycles. The Kier molecular flexibility index (Phi) is 5.59. The summed E-state index contributed by atoms with van der Waals surface area (Å²) in [5.74, 6) is 0.268. The summed E-state index contributed by atoms with van der Waals surface area (Å²) in [6.07, 6.45) is 7.36. The maximum Gasteiger partial charge on any atom is 0.176 e. The van der Waals surface area contributed by atoms with Gasteiger partial charge in [-0.15, -0.1) is 0 Å². The molecule has 2 rings (SSSR count). The maximum atomic E-state index is 12.3. The summed E-state index contributed by atoms with van der Waals surface area (Å²) in [5.41, 5.74) is 2.19. The lowest BCUT2D eigenvalue weighted by Gasteiger charge is -2.18. The van der Waals surface area contributed by atoms with Gasteiger partial charge in [0, 0.05) is 5.56 Å². The topological polar surface area (TPSA) is 20.3 Å². The number of carbonyl (C=O) groups is 1. The zero-order valence-electron chi connectivity index (χ0n) is 12.0. The zero-order valence-corrected chi connectivity index (χ0v) is 12.0. The number of hydrogen-bond acceptors (Lipinski definition) is 2. The van der Waals surface area contributed by atoms with Gasteiger partial charge in [0.1, 0.15) is 0 Å². The highest BCUT2D eigenvalue weighted by atomic mass is 16.1. The molecule has 1 fully saturated rings. The number of benzene rings is 1. The van der Waals surface area contributed by atoms with E-state index in [1.807, 2.05) is 12.1 Å². The molecule has 2 heteroatoms. The highest BCUT2D eigenvalue weighted by Gasteiger charge is 2.14. The van der Waals surface area contributed by atoms with E-state index in [9.17, 15) is 4.79 Å². The molecule has 104 valence electrons. The first-order valence-electron chi connectivity index (χ1n) is 7.64. The molecule has 2 nitrogen and oxygen atoms in total. The molecule has 0 amide bonds.